The Kier molecular flexibility index (Phi) is 5.33. The second-order valence-electron chi connectivity index (χ2n) is 5.44. The topological polar surface area (TPSA) is 49.4 Å². The fraction of sp³-hybridized carbons (Fsp3) is 0.375. The lowest BCUT2D eigenvalue weighted by Gasteiger charge is -2.17. The summed E-state index contributed by atoms with van der Waals surface area (Å²) in [6.45, 7) is 2.21. The van der Waals surface area contributed by atoms with Crippen molar-refractivity contribution in [3.05, 3.63) is 48.0 Å². The standard InChI is InChI=1S/C16H22N2O2S/c1-18(11-5-10-17-21(2,19)20)13-14-8-9-15-6-3-4-7-16(15)12-14/h3-4,6-9,12,17H,5,10-11,13H2,1-2H3. The van der Waals surface area contributed by atoms with Crippen molar-refractivity contribution in [2.45, 2.75) is 13.0 Å². The first-order chi connectivity index (χ1) is 9.94. The Morgan fingerprint density at radius 2 is 1.81 bits per heavy atom. The maximum atomic E-state index is 11.0. The summed E-state index contributed by atoms with van der Waals surface area (Å²) in [5.74, 6) is 0. The molecule has 1 N–H and O–H groups in total. The quantitative estimate of drug-likeness (QED) is 0.798. The Bertz CT molecular complexity index is 698. The third-order valence-electron chi connectivity index (χ3n) is 3.35. The van der Waals surface area contributed by atoms with E-state index in [0.717, 1.165) is 19.5 Å². The lowest BCUT2D eigenvalue weighted by atomic mass is 10.1. The van der Waals surface area contributed by atoms with Crippen molar-refractivity contribution in [3.63, 3.8) is 0 Å². The fourth-order valence-corrected chi connectivity index (χ4v) is 2.85. The summed E-state index contributed by atoms with van der Waals surface area (Å²) >= 11 is 0. The molecular formula is C16H22N2O2S. The Morgan fingerprint density at radius 3 is 2.52 bits per heavy atom. The first-order valence-electron chi connectivity index (χ1n) is 7.05. The van der Waals surface area contributed by atoms with Crippen molar-refractivity contribution in [1.82, 2.24) is 9.62 Å². The summed E-state index contributed by atoms with van der Waals surface area (Å²) in [5, 5.41) is 2.50. The maximum absolute atomic E-state index is 11.0. The van der Waals surface area contributed by atoms with E-state index in [-0.39, 0.29) is 0 Å². The average molecular weight is 306 g/mol. The van der Waals surface area contributed by atoms with E-state index in [0.29, 0.717) is 6.54 Å². The molecule has 0 radical (unpaired) electrons. The molecule has 0 fully saturated rings. The van der Waals surface area contributed by atoms with Crippen LogP contribution in [0, 0.1) is 0 Å². The Labute approximate surface area is 126 Å². The van der Waals surface area contributed by atoms with Gasteiger partial charge in [0.15, 0.2) is 0 Å². The predicted molar refractivity (Wildman–Crippen MR) is 87.7 cm³/mol. The molecule has 0 amide bonds. The molecule has 114 valence electrons. The van der Waals surface area contributed by atoms with E-state index in [1.807, 2.05) is 12.1 Å². The highest BCUT2D eigenvalue weighted by Gasteiger charge is 2.03. The number of fused-ring (bicyclic) bond motifs is 1. The number of benzene rings is 2. The molecule has 0 aliphatic rings. The molecule has 0 aromatic heterocycles. The van der Waals surface area contributed by atoms with Crippen LogP contribution >= 0.6 is 0 Å². The normalized spacial score (nSPS) is 12.1. The van der Waals surface area contributed by atoms with Gasteiger partial charge in [0.25, 0.3) is 0 Å². The molecule has 2 rings (SSSR count). The van der Waals surface area contributed by atoms with E-state index in [1.165, 1.54) is 22.6 Å². The molecule has 21 heavy (non-hydrogen) atoms. The molecule has 2 aromatic rings. The maximum Gasteiger partial charge on any atom is 0.208 e. The summed E-state index contributed by atoms with van der Waals surface area (Å²) in [6, 6.07) is 14.8. The smallest absolute Gasteiger partial charge is 0.208 e. The molecule has 0 saturated carbocycles. The molecule has 0 spiro atoms. The number of hydrogen-bond donors (Lipinski definition) is 1. The lowest BCUT2D eigenvalue weighted by Crippen LogP contribution is -2.27. The van der Waals surface area contributed by atoms with Gasteiger partial charge in [0.2, 0.25) is 10.0 Å². The van der Waals surface area contributed by atoms with Crippen molar-refractivity contribution in [2.75, 3.05) is 26.4 Å². The van der Waals surface area contributed by atoms with Gasteiger partial charge in [-0.2, -0.15) is 0 Å². The second-order valence-corrected chi connectivity index (χ2v) is 7.27. The van der Waals surface area contributed by atoms with E-state index in [1.54, 1.807) is 0 Å². The van der Waals surface area contributed by atoms with Crippen molar-refractivity contribution < 1.29 is 8.42 Å². The first-order valence-corrected chi connectivity index (χ1v) is 8.94. The lowest BCUT2D eigenvalue weighted by molar-refractivity contribution is 0.322. The minimum Gasteiger partial charge on any atom is -0.302 e. The Morgan fingerprint density at radius 1 is 1.10 bits per heavy atom. The summed E-state index contributed by atoms with van der Waals surface area (Å²) in [4.78, 5) is 2.20. The highest BCUT2D eigenvalue weighted by Crippen LogP contribution is 2.16. The second kappa shape index (κ2) is 7.02. The van der Waals surface area contributed by atoms with Crippen molar-refractivity contribution in [3.8, 4) is 0 Å². The van der Waals surface area contributed by atoms with Gasteiger partial charge in [0.05, 0.1) is 6.26 Å². The van der Waals surface area contributed by atoms with Crippen LogP contribution in [-0.4, -0.2) is 39.7 Å². The molecule has 0 unspecified atom stereocenters. The van der Waals surface area contributed by atoms with Crippen LogP contribution in [0.3, 0.4) is 0 Å². The highest BCUT2D eigenvalue weighted by atomic mass is 32.2. The monoisotopic (exact) mass is 306 g/mol. The zero-order chi connectivity index (χ0) is 15.3. The largest absolute Gasteiger partial charge is 0.302 e. The van der Waals surface area contributed by atoms with E-state index < -0.39 is 10.0 Å². The molecule has 0 aliphatic heterocycles. The molecule has 2 aromatic carbocycles. The number of hydrogen-bond acceptors (Lipinski definition) is 3. The van der Waals surface area contributed by atoms with Crippen molar-refractivity contribution in [1.29, 1.82) is 0 Å². The van der Waals surface area contributed by atoms with Crippen LogP contribution in [0.15, 0.2) is 42.5 Å². The van der Waals surface area contributed by atoms with Crippen molar-refractivity contribution >= 4 is 20.8 Å². The van der Waals surface area contributed by atoms with E-state index in [9.17, 15) is 8.42 Å². The number of nitrogens with zero attached hydrogens (tertiary/aromatic N) is 1. The minimum atomic E-state index is -3.07. The molecule has 0 atom stereocenters. The van der Waals surface area contributed by atoms with E-state index in [2.05, 4.69) is 47.0 Å². The number of nitrogens with one attached hydrogen (secondary N) is 1. The van der Waals surface area contributed by atoms with Crippen LogP contribution in [-0.2, 0) is 16.6 Å². The van der Waals surface area contributed by atoms with Gasteiger partial charge in [0.1, 0.15) is 0 Å². The zero-order valence-corrected chi connectivity index (χ0v) is 13.4. The van der Waals surface area contributed by atoms with Gasteiger partial charge in [-0.1, -0.05) is 36.4 Å². The summed E-state index contributed by atoms with van der Waals surface area (Å²) in [6.07, 6.45) is 1.99. The third kappa shape index (κ3) is 5.46. The molecule has 0 saturated heterocycles. The fourth-order valence-electron chi connectivity index (χ4n) is 2.33. The molecule has 0 heterocycles. The average Bonchev–Trinajstić information content (AvgIpc) is 2.42. The van der Waals surface area contributed by atoms with Gasteiger partial charge in [0, 0.05) is 13.1 Å². The third-order valence-corrected chi connectivity index (χ3v) is 4.08. The van der Waals surface area contributed by atoms with E-state index >= 15 is 0 Å². The molecule has 0 bridgehead atoms. The zero-order valence-electron chi connectivity index (χ0n) is 12.5. The van der Waals surface area contributed by atoms with E-state index in [4.69, 9.17) is 0 Å². The van der Waals surface area contributed by atoms with Crippen molar-refractivity contribution in [2.24, 2.45) is 0 Å². The van der Waals surface area contributed by atoms with Crippen LogP contribution in [0.1, 0.15) is 12.0 Å². The SMILES string of the molecule is CN(CCCNS(C)(=O)=O)Cc1ccc2ccccc2c1. The van der Waals surface area contributed by atoms with Crippen LogP contribution in [0.2, 0.25) is 0 Å². The van der Waals surface area contributed by atoms with Crippen LogP contribution in [0.25, 0.3) is 10.8 Å². The summed E-state index contributed by atoms with van der Waals surface area (Å²) in [7, 11) is -1.02. The number of rotatable bonds is 7. The van der Waals surface area contributed by atoms with Crippen LogP contribution in [0.4, 0.5) is 0 Å². The van der Waals surface area contributed by atoms with Crippen LogP contribution < -0.4 is 4.72 Å². The Hall–Kier alpha value is -1.43. The first kappa shape index (κ1) is 15.9. The van der Waals surface area contributed by atoms with Gasteiger partial charge >= 0.3 is 0 Å². The Balaban J connectivity index is 1.85. The highest BCUT2D eigenvalue weighted by molar-refractivity contribution is 7.88. The number of sulfonamides is 1. The van der Waals surface area contributed by atoms with Crippen LogP contribution in [0.5, 0.6) is 0 Å². The summed E-state index contributed by atoms with van der Waals surface area (Å²) < 4.78 is 24.4. The molecular weight excluding hydrogens is 284 g/mol. The molecule has 4 nitrogen and oxygen atoms in total. The molecule has 5 heteroatoms. The van der Waals surface area contributed by atoms with Gasteiger partial charge in [-0.25, -0.2) is 13.1 Å². The predicted octanol–water partition coefficient (Wildman–Crippen LogP) is 2.21. The van der Waals surface area contributed by atoms with Gasteiger partial charge < -0.3 is 4.90 Å². The minimum absolute atomic E-state index is 0.487. The summed E-state index contributed by atoms with van der Waals surface area (Å²) in [5.41, 5.74) is 1.27. The van der Waals surface area contributed by atoms with Gasteiger partial charge in [-0.15, -0.1) is 0 Å². The molecule has 0 aliphatic carbocycles. The van der Waals surface area contributed by atoms with Gasteiger partial charge in [-0.05, 0) is 42.4 Å². The van der Waals surface area contributed by atoms with Gasteiger partial charge in [-0.3, -0.25) is 0 Å².